The molecule has 0 spiro atoms. The largest absolute Gasteiger partial charge is 0.481 e. The molecule has 0 saturated carbocycles. The molecule has 8 nitrogen and oxygen atoms in total. The van der Waals surface area contributed by atoms with Crippen LogP contribution in [0.2, 0.25) is 0 Å². The number of carbonyl (C=O) groups is 1. The van der Waals surface area contributed by atoms with Crippen molar-refractivity contribution in [1.29, 1.82) is 0 Å². The van der Waals surface area contributed by atoms with Crippen LogP contribution in [-0.2, 0) is 0 Å². The molecule has 3 aromatic heterocycles. The molecule has 27 heavy (non-hydrogen) atoms. The predicted molar refractivity (Wildman–Crippen MR) is 96.2 cm³/mol. The zero-order valence-electron chi connectivity index (χ0n) is 14.9. The summed E-state index contributed by atoms with van der Waals surface area (Å²) in [6.45, 7) is 1.24. The molecular weight excluding hydrogens is 346 g/mol. The first kappa shape index (κ1) is 17.1. The highest BCUT2D eigenvalue weighted by Crippen LogP contribution is 2.28. The monoisotopic (exact) mass is 365 g/mol. The van der Waals surface area contributed by atoms with Crippen molar-refractivity contribution in [1.82, 2.24) is 25.0 Å². The van der Waals surface area contributed by atoms with Crippen LogP contribution in [-0.4, -0.2) is 51.1 Å². The molecule has 1 saturated heterocycles. The summed E-state index contributed by atoms with van der Waals surface area (Å²) in [4.78, 5) is 27.3. The molecule has 1 aliphatic heterocycles. The molecule has 0 N–H and O–H groups in total. The molecule has 1 amide bonds. The Bertz CT molecular complexity index is 911. The second-order valence-electron chi connectivity index (χ2n) is 6.38. The topological polar surface area (TPSA) is 94.2 Å². The number of aromatic nitrogens is 4. The van der Waals surface area contributed by atoms with Crippen molar-refractivity contribution in [2.24, 2.45) is 0 Å². The maximum Gasteiger partial charge on any atom is 0.255 e. The van der Waals surface area contributed by atoms with E-state index in [4.69, 9.17) is 9.26 Å². The lowest BCUT2D eigenvalue weighted by atomic mass is 9.97. The third kappa shape index (κ3) is 3.64. The van der Waals surface area contributed by atoms with Gasteiger partial charge in [0.15, 0.2) is 0 Å². The van der Waals surface area contributed by atoms with Crippen LogP contribution in [0.1, 0.15) is 35.0 Å². The summed E-state index contributed by atoms with van der Waals surface area (Å²) in [5.41, 5.74) is 1.35. The maximum atomic E-state index is 12.8. The molecule has 8 heteroatoms. The van der Waals surface area contributed by atoms with E-state index in [9.17, 15) is 4.79 Å². The molecular formula is C19H19N5O3. The summed E-state index contributed by atoms with van der Waals surface area (Å²) in [5.74, 6) is 1.52. The standard InChI is InChI=1S/C19H19N5O3/c1-26-16-7-6-14(11-21-16)19(25)24-9-3-5-15(12-24)18-22-17(23-27-18)13-4-2-8-20-10-13/h2,4,6-8,10-11,15H,3,5,9,12H2,1H3/t15-/m1/s1. The number of hydrogen-bond acceptors (Lipinski definition) is 7. The van der Waals surface area contributed by atoms with Crippen LogP contribution < -0.4 is 4.74 Å². The van der Waals surface area contributed by atoms with E-state index < -0.39 is 0 Å². The highest BCUT2D eigenvalue weighted by molar-refractivity contribution is 5.94. The molecule has 0 unspecified atom stereocenters. The van der Waals surface area contributed by atoms with Gasteiger partial charge in [0.25, 0.3) is 5.91 Å². The van der Waals surface area contributed by atoms with Crippen LogP contribution >= 0.6 is 0 Å². The smallest absolute Gasteiger partial charge is 0.255 e. The zero-order valence-corrected chi connectivity index (χ0v) is 14.9. The summed E-state index contributed by atoms with van der Waals surface area (Å²) >= 11 is 0. The normalized spacial score (nSPS) is 16.9. The minimum Gasteiger partial charge on any atom is -0.481 e. The Balaban J connectivity index is 1.48. The molecule has 0 bridgehead atoms. The number of ether oxygens (including phenoxy) is 1. The molecule has 1 fully saturated rings. The average Bonchev–Trinajstić information content (AvgIpc) is 3.24. The van der Waals surface area contributed by atoms with Crippen LogP contribution in [0.15, 0.2) is 47.4 Å². The molecule has 138 valence electrons. The van der Waals surface area contributed by atoms with E-state index >= 15 is 0 Å². The maximum absolute atomic E-state index is 12.8. The third-order valence-corrected chi connectivity index (χ3v) is 4.61. The summed E-state index contributed by atoms with van der Waals surface area (Å²) < 4.78 is 10.5. The molecule has 4 rings (SSSR count). The molecule has 4 heterocycles. The van der Waals surface area contributed by atoms with Gasteiger partial charge in [0.2, 0.25) is 17.6 Å². The van der Waals surface area contributed by atoms with E-state index in [0.29, 0.717) is 36.2 Å². The number of nitrogens with zero attached hydrogens (tertiary/aromatic N) is 5. The van der Waals surface area contributed by atoms with Crippen molar-refractivity contribution in [3.05, 3.63) is 54.3 Å². The lowest BCUT2D eigenvalue weighted by Crippen LogP contribution is -2.39. The SMILES string of the molecule is COc1ccc(C(=O)N2CCC[C@@H](c3nc(-c4cccnc4)no3)C2)cn1. The fourth-order valence-electron chi connectivity index (χ4n) is 3.19. The Kier molecular flexibility index (Phi) is 4.78. The van der Waals surface area contributed by atoms with Crippen LogP contribution in [0.25, 0.3) is 11.4 Å². The van der Waals surface area contributed by atoms with E-state index in [0.717, 1.165) is 18.4 Å². The summed E-state index contributed by atoms with van der Waals surface area (Å²) in [7, 11) is 1.54. The van der Waals surface area contributed by atoms with Crippen LogP contribution in [0, 0.1) is 0 Å². The van der Waals surface area contributed by atoms with Gasteiger partial charge in [-0.3, -0.25) is 9.78 Å². The van der Waals surface area contributed by atoms with Gasteiger partial charge in [0, 0.05) is 43.3 Å². The zero-order chi connectivity index (χ0) is 18.6. The number of carbonyl (C=O) groups excluding carboxylic acids is 1. The van der Waals surface area contributed by atoms with Crippen molar-refractivity contribution < 1.29 is 14.1 Å². The van der Waals surface area contributed by atoms with Crippen molar-refractivity contribution in [2.75, 3.05) is 20.2 Å². The van der Waals surface area contributed by atoms with Crippen LogP contribution in [0.4, 0.5) is 0 Å². The Morgan fingerprint density at radius 2 is 2.22 bits per heavy atom. The molecule has 0 aliphatic carbocycles. The Labute approximate surface area is 156 Å². The van der Waals surface area contributed by atoms with Crippen molar-refractivity contribution in [3.8, 4) is 17.3 Å². The Morgan fingerprint density at radius 3 is 2.96 bits per heavy atom. The fourth-order valence-corrected chi connectivity index (χ4v) is 3.19. The van der Waals surface area contributed by atoms with Gasteiger partial charge in [0.1, 0.15) is 0 Å². The minimum absolute atomic E-state index is 0.0202. The van der Waals surface area contributed by atoms with Gasteiger partial charge in [-0.2, -0.15) is 4.98 Å². The van der Waals surface area contributed by atoms with Gasteiger partial charge in [0.05, 0.1) is 18.6 Å². The van der Waals surface area contributed by atoms with E-state index in [1.807, 2.05) is 17.0 Å². The minimum atomic E-state index is -0.0538. The van der Waals surface area contributed by atoms with Crippen molar-refractivity contribution >= 4 is 5.91 Å². The second-order valence-corrected chi connectivity index (χ2v) is 6.38. The number of likely N-dealkylation sites (tertiary alicyclic amines) is 1. The molecule has 1 aliphatic rings. The van der Waals surface area contributed by atoms with E-state index in [2.05, 4.69) is 20.1 Å². The number of rotatable bonds is 4. The molecule has 0 aromatic carbocycles. The van der Waals surface area contributed by atoms with E-state index in [-0.39, 0.29) is 11.8 Å². The lowest BCUT2D eigenvalue weighted by Gasteiger charge is -2.31. The quantitative estimate of drug-likeness (QED) is 0.701. The van der Waals surface area contributed by atoms with E-state index in [1.54, 1.807) is 31.6 Å². The summed E-state index contributed by atoms with van der Waals surface area (Å²) in [6, 6.07) is 7.13. The third-order valence-electron chi connectivity index (χ3n) is 4.61. The van der Waals surface area contributed by atoms with E-state index in [1.165, 1.54) is 6.20 Å². The highest BCUT2D eigenvalue weighted by Gasteiger charge is 2.29. The summed E-state index contributed by atoms with van der Waals surface area (Å²) in [6.07, 6.45) is 6.72. The molecule has 0 radical (unpaired) electrons. The van der Waals surface area contributed by atoms with Crippen LogP contribution in [0.3, 0.4) is 0 Å². The average molecular weight is 365 g/mol. The van der Waals surface area contributed by atoms with Crippen LogP contribution in [0.5, 0.6) is 5.88 Å². The van der Waals surface area contributed by atoms with Gasteiger partial charge in [-0.15, -0.1) is 0 Å². The fraction of sp³-hybridized carbons (Fsp3) is 0.316. The summed E-state index contributed by atoms with van der Waals surface area (Å²) in [5, 5.41) is 4.06. The first-order valence-corrected chi connectivity index (χ1v) is 8.78. The molecule has 1 atom stereocenters. The lowest BCUT2D eigenvalue weighted by molar-refractivity contribution is 0.0695. The van der Waals surface area contributed by atoms with Gasteiger partial charge in [-0.1, -0.05) is 5.16 Å². The number of hydrogen-bond donors (Lipinski definition) is 0. The van der Waals surface area contributed by atoms with Gasteiger partial charge >= 0.3 is 0 Å². The van der Waals surface area contributed by atoms with Gasteiger partial charge in [-0.05, 0) is 31.0 Å². The first-order valence-electron chi connectivity index (χ1n) is 8.78. The van der Waals surface area contributed by atoms with Gasteiger partial charge in [-0.25, -0.2) is 4.98 Å². The second kappa shape index (κ2) is 7.53. The number of pyridine rings is 2. The van der Waals surface area contributed by atoms with Crippen molar-refractivity contribution in [3.63, 3.8) is 0 Å². The number of amides is 1. The Hall–Kier alpha value is -3.29. The van der Waals surface area contributed by atoms with Gasteiger partial charge < -0.3 is 14.2 Å². The predicted octanol–water partition coefficient (Wildman–Crippen LogP) is 2.56. The molecule has 3 aromatic rings. The number of methoxy groups -OCH3 is 1. The first-order chi connectivity index (χ1) is 13.2. The van der Waals surface area contributed by atoms with Crippen molar-refractivity contribution in [2.45, 2.75) is 18.8 Å². The highest BCUT2D eigenvalue weighted by atomic mass is 16.5. The number of piperidine rings is 1. The Morgan fingerprint density at radius 1 is 1.30 bits per heavy atom.